The fourth-order valence-corrected chi connectivity index (χ4v) is 3.39. The molecule has 4 rings (SSSR count). The van der Waals surface area contributed by atoms with Gasteiger partial charge < -0.3 is 14.7 Å². The van der Waals surface area contributed by atoms with Crippen LogP contribution in [0.5, 0.6) is 0 Å². The minimum Gasteiger partial charge on any atom is -0.347 e. The Morgan fingerprint density at radius 3 is 2.89 bits per heavy atom. The molecule has 3 aromatic heterocycles. The molecule has 3 aromatic rings. The monoisotopic (exact) mass is 366 g/mol. The van der Waals surface area contributed by atoms with Crippen molar-refractivity contribution < 1.29 is 9.32 Å². The van der Waals surface area contributed by atoms with E-state index in [2.05, 4.69) is 30.3 Å². The zero-order valence-electron chi connectivity index (χ0n) is 15.4. The van der Waals surface area contributed by atoms with Crippen molar-refractivity contribution in [1.29, 1.82) is 0 Å². The Morgan fingerprint density at radius 2 is 2.11 bits per heavy atom. The lowest BCUT2D eigenvalue weighted by Crippen LogP contribution is -2.48. The van der Waals surface area contributed by atoms with Crippen LogP contribution in [0.2, 0.25) is 0 Å². The first-order chi connectivity index (χ1) is 13.1. The highest BCUT2D eigenvalue weighted by atomic mass is 16.5. The Morgan fingerprint density at radius 1 is 1.30 bits per heavy atom. The van der Waals surface area contributed by atoms with Crippen LogP contribution in [0.25, 0.3) is 11.1 Å². The summed E-state index contributed by atoms with van der Waals surface area (Å²) in [6.45, 7) is 5.65. The van der Waals surface area contributed by atoms with Crippen molar-refractivity contribution in [2.75, 3.05) is 18.0 Å². The van der Waals surface area contributed by atoms with Gasteiger partial charge in [-0.3, -0.25) is 4.79 Å². The average Bonchev–Trinajstić information content (AvgIpc) is 3.12. The molecule has 0 bridgehead atoms. The lowest BCUT2D eigenvalue weighted by molar-refractivity contribution is 0.0933. The topological polar surface area (TPSA) is 97.0 Å². The third-order valence-electron chi connectivity index (χ3n) is 4.76. The van der Waals surface area contributed by atoms with Crippen LogP contribution in [0.15, 0.2) is 35.2 Å². The number of nitrogens with one attached hydrogen (secondary N) is 1. The number of rotatable bonds is 4. The molecule has 1 atom stereocenters. The molecule has 0 aliphatic carbocycles. The zero-order chi connectivity index (χ0) is 18.8. The molecule has 1 N–H and O–H groups in total. The standard InChI is InChI=1S/C19H22N6O2/c1-12(2)16-15-9-13(10-22-18(15)27-24-16)17(26)23-14-5-3-8-25(11-14)19-20-6-4-7-21-19/h4,6-7,9-10,12,14H,3,5,8,11H2,1-2H3,(H,23,26). The van der Waals surface area contributed by atoms with Gasteiger partial charge in [0, 0.05) is 37.7 Å². The normalized spacial score (nSPS) is 17.4. The van der Waals surface area contributed by atoms with Crippen LogP contribution in [0.4, 0.5) is 5.95 Å². The summed E-state index contributed by atoms with van der Waals surface area (Å²) in [6.07, 6.45) is 6.90. The molecule has 1 aliphatic heterocycles. The number of aromatic nitrogens is 4. The van der Waals surface area contributed by atoms with Gasteiger partial charge in [-0.2, -0.15) is 0 Å². The second-order valence-electron chi connectivity index (χ2n) is 7.11. The van der Waals surface area contributed by atoms with E-state index in [1.165, 1.54) is 6.20 Å². The molecule has 4 heterocycles. The van der Waals surface area contributed by atoms with E-state index in [4.69, 9.17) is 4.52 Å². The SMILES string of the molecule is CC(C)c1noc2ncc(C(=O)NC3CCCN(c4ncccn4)C3)cc12. The Hall–Kier alpha value is -3.03. The number of nitrogens with zero attached hydrogens (tertiary/aromatic N) is 5. The van der Waals surface area contributed by atoms with E-state index in [1.807, 2.05) is 19.9 Å². The van der Waals surface area contributed by atoms with Gasteiger partial charge in [-0.25, -0.2) is 15.0 Å². The number of amides is 1. The van der Waals surface area contributed by atoms with Gasteiger partial charge in [-0.15, -0.1) is 0 Å². The summed E-state index contributed by atoms with van der Waals surface area (Å²) in [5.74, 6) is 0.760. The van der Waals surface area contributed by atoms with Gasteiger partial charge in [0.25, 0.3) is 11.6 Å². The smallest absolute Gasteiger partial charge is 0.257 e. The van der Waals surface area contributed by atoms with Crippen LogP contribution in [-0.2, 0) is 0 Å². The van der Waals surface area contributed by atoms with Crippen LogP contribution in [-0.4, -0.2) is 45.1 Å². The predicted octanol–water partition coefficient (Wildman–Crippen LogP) is 2.54. The number of carbonyl (C=O) groups excluding carboxylic acids is 1. The van der Waals surface area contributed by atoms with Gasteiger partial charge >= 0.3 is 0 Å². The lowest BCUT2D eigenvalue weighted by Gasteiger charge is -2.33. The van der Waals surface area contributed by atoms with Crippen LogP contribution in [0.3, 0.4) is 0 Å². The van der Waals surface area contributed by atoms with Crippen molar-refractivity contribution in [1.82, 2.24) is 25.4 Å². The summed E-state index contributed by atoms with van der Waals surface area (Å²) in [7, 11) is 0. The lowest BCUT2D eigenvalue weighted by atomic mass is 10.0. The third kappa shape index (κ3) is 3.60. The third-order valence-corrected chi connectivity index (χ3v) is 4.76. The van der Waals surface area contributed by atoms with Crippen molar-refractivity contribution in [2.45, 2.75) is 38.6 Å². The molecule has 1 saturated heterocycles. The number of fused-ring (bicyclic) bond motifs is 1. The second kappa shape index (κ2) is 7.30. The average molecular weight is 366 g/mol. The summed E-state index contributed by atoms with van der Waals surface area (Å²) in [5, 5.41) is 7.97. The van der Waals surface area contributed by atoms with Crippen LogP contribution < -0.4 is 10.2 Å². The van der Waals surface area contributed by atoms with Crippen molar-refractivity contribution >= 4 is 23.0 Å². The summed E-state index contributed by atoms with van der Waals surface area (Å²) >= 11 is 0. The number of anilines is 1. The molecule has 1 aliphatic rings. The van der Waals surface area contributed by atoms with Gasteiger partial charge in [-0.05, 0) is 30.9 Å². The summed E-state index contributed by atoms with van der Waals surface area (Å²) < 4.78 is 5.24. The molecule has 1 amide bonds. The number of piperidine rings is 1. The molecular formula is C19H22N6O2. The number of hydrogen-bond donors (Lipinski definition) is 1. The molecule has 8 heteroatoms. The molecular weight excluding hydrogens is 344 g/mol. The van der Waals surface area contributed by atoms with E-state index in [0.29, 0.717) is 23.8 Å². The predicted molar refractivity (Wildman–Crippen MR) is 101 cm³/mol. The first-order valence-corrected chi connectivity index (χ1v) is 9.20. The summed E-state index contributed by atoms with van der Waals surface area (Å²) in [6, 6.07) is 3.65. The van der Waals surface area contributed by atoms with E-state index >= 15 is 0 Å². The van der Waals surface area contributed by atoms with Gasteiger partial charge in [0.15, 0.2) is 0 Å². The highest BCUT2D eigenvalue weighted by molar-refractivity contribution is 5.97. The molecule has 1 fully saturated rings. The molecule has 8 nitrogen and oxygen atoms in total. The first kappa shape index (κ1) is 17.4. The highest BCUT2D eigenvalue weighted by Gasteiger charge is 2.24. The van der Waals surface area contributed by atoms with Crippen molar-refractivity contribution in [2.24, 2.45) is 0 Å². The Bertz CT molecular complexity index is 940. The highest BCUT2D eigenvalue weighted by Crippen LogP contribution is 2.24. The Labute approximate surface area is 157 Å². The largest absolute Gasteiger partial charge is 0.347 e. The first-order valence-electron chi connectivity index (χ1n) is 9.20. The maximum absolute atomic E-state index is 12.8. The molecule has 0 aromatic carbocycles. The van der Waals surface area contributed by atoms with E-state index in [1.54, 1.807) is 18.5 Å². The molecule has 140 valence electrons. The second-order valence-corrected chi connectivity index (χ2v) is 7.11. The van der Waals surface area contributed by atoms with Crippen LogP contribution in [0, 0.1) is 0 Å². The summed E-state index contributed by atoms with van der Waals surface area (Å²) in [4.78, 5) is 27.7. The van der Waals surface area contributed by atoms with E-state index in [-0.39, 0.29) is 17.9 Å². The van der Waals surface area contributed by atoms with Gasteiger partial charge in [0.2, 0.25) is 5.95 Å². The fraction of sp³-hybridized carbons (Fsp3) is 0.421. The Kier molecular flexibility index (Phi) is 4.70. The van der Waals surface area contributed by atoms with Crippen LogP contribution >= 0.6 is 0 Å². The number of carbonyl (C=O) groups is 1. The maximum atomic E-state index is 12.8. The van der Waals surface area contributed by atoms with E-state index < -0.39 is 0 Å². The quantitative estimate of drug-likeness (QED) is 0.758. The van der Waals surface area contributed by atoms with Crippen LogP contribution in [0.1, 0.15) is 48.7 Å². The van der Waals surface area contributed by atoms with Gasteiger partial charge in [0.05, 0.1) is 16.6 Å². The fourth-order valence-electron chi connectivity index (χ4n) is 3.39. The zero-order valence-corrected chi connectivity index (χ0v) is 15.4. The van der Waals surface area contributed by atoms with Crippen molar-refractivity contribution in [3.05, 3.63) is 42.0 Å². The van der Waals surface area contributed by atoms with Crippen molar-refractivity contribution in [3.63, 3.8) is 0 Å². The van der Waals surface area contributed by atoms with E-state index in [9.17, 15) is 4.79 Å². The molecule has 1 unspecified atom stereocenters. The van der Waals surface area contributed by atoms with Crippen molar-refractivity contribution in [3.8, 4) is 0 Å². The molecule has 27 heavy (non-hydrogen) atoms. The number of pyridine rings is 1. The van der Waals surface area contributed by atoms with E-state index in [0.717, 1.165) is 30.5 Å². The molecule has 0 saturated carbocycles. The summed E-state index contributed by atoms with van der Waals surface area (Å²) in [5.41, 5.74) is 1.79. The molecule has 0 spiro atoms. The molecule has 0 radical (unpaired) electrons. The Balaban J connectivity index is 1.48. The van der Waals surface area contributed by atoms with Gasteiger partial charge in [-0.1, -0.05) is 19.0 Å². The minimum absolute atomic E-state index is 0.0396. The number of hydrogen-bond acceptors (Lipinski definition) is 7. The van der Waals surface area contributed by atoms with Gasteiger partial charge in [0.1, 0.15) is 0 Å². The maximum Gasteiger partial charge on any atom is 0.257 e. The minimum atomic E-state index is -0.138.